The first-order valence-corrected chi connectivity index (χ1v) is 8.24. The Morgan fingerprint density at radius 1 is 1.12 bits per heavy atom. The lowest BCUT2D eigenvalue weighted by Crippen LogP contribution is -2.29. The number of methoxy groups -OCH3 is 1. The fourth-order valence-corrected chi connectivity index (χ4v) is 2.51. The molecule has 2 N–H and O–H groups in total. The molecule has 0 saturated heterocycles. The molecule has 0 heterocycles. The highest BCUT2D eigenvalue weighted by atomic mass is 35.5. The summed E-state index contributed by atoms with van der Waals surface area (Å²) in [7, 11) is 1.59. The molecule has 0 saturated carbocycles. The van der Waals surface area contributed by atoms with E-state index in [-0.39, 0.29) is 17.6 Å². The summed E-state index contributed by atoms with van der Waals surface area (Å²) in [6.45, 7) is 0.370. The normalized spacial score (nSPS) is 11.8. The maximum absolute atomic E-state index is 12.0. The molecule has 1 amide bonds. The largest absolute Gasteiger partial charge is 0.478 e. The number of carbonyl (C=O) groups is 2. The van der Waals surface area contributed by atoms with Crippen molar-refractivity contribution in [2.45, 2.75) is 18.9 Å². The highest BCUT2D eigenvalue weighted by molar-refractivity contribution is 6.30. The molecule has 0 aromatic heterocycles. The van der Waals surface area contributed by atoms with Gasteiger partial charge in [-0.1, -0.05) is 35.9 Å². The van der Waals surface area contributed by atoms with Crippen molar-refractivity contribution < 1.29 is 19.4 Å². The number of carbonyl (C=O) groups excluding carboxylic acids is 1. The van der Waals surface area contributed by atoms with Gasteiger partial charge in [0.25, 0.3) is 0 Å². The third-order valence-corrected chi connectivity index (χ3v) is 4.10. The van der Waals surface area contributed by atoms with Crippen LogP contribution in [0.1, 0.15) is 34.0 Å². The van der Waals surface area contributed by atoms with E-state index in [0.29, 0.717) is 24.4 Å². The smallest absolute Gasteiger partial charge is 0.335 e. The number of benzene rings is 2. The topological polar surface area (TPSA) is 75.6 Å². The van der Waals surface area contributed by atoms with Crippen LogP contribution in [0, 0.1) is 0 Å². The second kappa shape index (κ2) is 9.20. The van der Waals surface area contributed by atoms with Gasteiger partial charge in [-0.25, -0.2) is 4.79 Å². The van der Waals surface area contributed by atoms with Crippen LogP contribution >= 0.6 is 11.6 Å². The summed E-state index contributed by atoms with van der Waals surface area (Å²) in [5.74, 6) is -1.05. The van der Waals surface area contributed by atoms with E-state index < -0.39 is 5.97 Å². The van der Waals surface area contributed by atoms with Gasteiger partial charge < -0.3 is 15.2 Å². The third kappa shape index (κ3) is 5.89. The molecular weight excluding hydrogens is 342 g/mol. The lowest BCUT2D eigenvalue weighted by atomic mass is 10.1. The lowest BCUT2D eigenvalue weighted by Gasteiger charge is -2.16. The number of nitrogens with one attached hydrogen (secondary N) is 1. The van der Waals surface area contributed by atoms with Gasteiger partial charge in [0.15, 0.2) is 0 Å². The summed E-state index contributed by atoms with van der Waals surface area (Å²) in [6.07, 6.45) is 0.629. The number of hydrogen-bond acceptors (Lipinski definition) is 3. The molecular formula is C19H20ClNO4. The van der Waals surface area contributed by atoms with Crippen molar-refractivity contribution >= 4 is 23.5 Å². The molecule has 132 valence electrons. The Kier molecular flexibility index (Phi) is 6.98. The first-order chi connectivity index (χ1) is 12.0. The maximum Gasteiger partial charge on any atom is 0.335 e. The zero-order valence-electron chi connectivity index (χ0n) is 13.9. The molecule has 0 bridgehead atoms. The summed E-state index contributed by atoms with van der Waals surface area (Å²) in [5, 5.41) is 12.4. The number of amides is 1. The van der Waals surface area contributed by atoms with Gasteiger partial charge in [-0.05, 0) is 41.8 Å². The van der Waals surface area contributed by atoms with Crippen LogP contribution in [0.2, 0.25) is 5.02 Å². The molecule has 2 rings (SSSR count). The minimum absolute atomic E-state index is 0.0849. The molecule has 0 spiro atoms. The maximum atomic E-state index is 12.0. The van der Waals surface area contributed by atoms with Gasteiger partial charge in [0.05, 0.1) is 11.7 Å². The standard InChI is InChI=1S/C19H20ClNO4/c1-25-17(14-7-9-16(20)10-8-14)12-21-18(22)11-4-13-2-5-15(6-3-13)19(23)24/h2-3,5-10,17H,4,11-12H2,1H3,(H,21,22)(H,23,24). The molecule has 6 heteroatoms. The van der Waals surface area contributed by atoms with E-state index in [1.165, 1.54) is 12.1 Å². The SMILES string of the molecule is COC(CNC(=O)CCc1ccc(C(=O)O)cc1)c1ccc(Cl)cc1. The van der Waals surface area contributed by atoms with E-state index in [9.17, 15) is 9.59 Å². The zero-order chi connectivity index (χ0) is 18.2. The van der Waals surface area contributed by atoms with Gasteiger partial charge in [0, 0.05) is 25.1 Å². The number of carboxylic acids is 1. The fraction of sp³-hybridized carbons (Fsp3) is 0.263. The summed E-state index contributed by atoms with van der Waals surface area (Å²) in [5.41, 5.74) is 2.09. The molecule has 2 aromatic carbocycles. The van der Waals surface area contributed by atoms with Crippen molar-refractivity contribution in [3.63, 3.8) is 0 Å². The minimum atomic E-state index is -0.961. The van der Waals surface area contributed by atoms with Crippen LogP contribution in [0.3, 0.4) is 0 Å². The van der Waals surface area contributed by atoms with E-state index in [1.54, 1.807) is 31.4 Å². The van der Waals surface area contributed by atoms with Crippen molar-refractivity contribution in [1.29, 1.82) is 0 Å². The van der Waals surface area contributed by atoms with Crippen molar-refractivity contribution in [2.75, 3.05) is 13.7 Å². The van der Waals surface area contributed by atoms with E-state index in [0.717, 1.165) is 11.1 Å². The van der Waals surface area contributed by atoms with Gasteiger partial charge in [-0.15, -0.1) is 0 Å². The Morgan fingerprint density at radius 2 is 1.76 bits per heavy atom. The monoisotopic (exact) mass is 361 g/mol. The second-order valence-corrected chi connectivity index (χ2v) is 6.02. The number of hydrogen-bond donors (Lipinski definition) is 2. The van der Waals surface area contributed by atoms with Crippen molar-refractivity contribution in [3.05, 3.63) is 70.2 Å². The van der Waals surface area contributed by atoms with Crippen LogP contribution in [0.4, 0.5) is 0 Å². The van der Waals surface area contributed by atoms with E-state index in [4.69, 9.17) is 21.4 Å². The van der Waals surface area contributed by atoms with E-state index in [1.807, 2.05) is 12.1 Å². The summed E-state index contributed by atoms with van der Waals surface area (Å²) >= 11 is 5.87. The van der Waals surface area contributed by atoms with Crippen LogP contribution in [0.15, 0.2) is 48.5 Å². The van der Waals surface area contributed by atoms with Crippen LogP contribution < -0.4 is 5.32 Å². The number of halogens is 1. The van der Waals surface area contributed by atoms with Crippen LogP contribution in [-0.2, 0) is 16.0 Å². The molecule has 25 heavy (non-hydrogen) atoms. The van der Waals surface area contributed by atoms with E-state index in [2.05, 4.69) is 5.32 Å². The molecule has 0 fully saturated rings. The number of carboxylic acid groups (broad SMARTS) is 1. The predicted octanol–water partition coefficient (Wildman–Crippen LogP) is 3.47. The highest BCUT2D eigenvalue weighted by Crippen LogP contribution is 2.18. The first kappa shape index (κ1) is 19.0. The van der Waals surface area contributed by atoms with Crippen LogP contribution in [-0.4, -0.2) is 30.6 Å². The molecule has 0 aliphatic heterocycles. The fourth-order valence-electron chi connectivity index (χ4n) is 2.38. The number of aromatic carboxylic acids is 1. The Morgan fingerprint density at radius 3 is 2.32 bits per heavy atom. The molecule has 1 unspecified atom stereocenters. The van der Waals surface area contributed by atoms with Gasteiger partial charge in [-0.2, -0.15) is 0 Å². The molecule has 5 nitrogen and oxygen atoms in total. The summed E-state index contributed by atoms with van der Waals surface area (Å²) in [6, 6.07) is 13.8. The van der Waals surface area contributed by atoms with Crippen LogP contribution in [0.5, 0.6) is 0 Å². The van der Waals surface area contributed by atoms with Gasteiger partial charge in [0.1, 0.15) is 0 Å². The second-order valence-electron chi connectivity index (χ2n) is 5.58. The van der Waals surface area contributed by atoms with Gasteiger partial charge in [0.2, 0.25) is 5.91 Å². The first-order valence-electron chi connectivity index (χ1n) is 7.87. The van der Waals surface area contributed by atoms with Crippen molar-refractivity contribution in [1.82, 2.24) is 5.32 Å². The number of ether oxygens (including phenoxy) is 1. The molecule has 0 aliphatic carbocycles. The van der Waals surface area contributed by atoms with E-state index >= 15 is 0 Å². The molecule has 2 aromatic rings. The van der Waals surface area contributed by atoms with Crippen LogP contribution in [0.25, 0.3) is 0 Å². The Balaban J connectivity index is 1.81. The van der Waals surface area contributed by atoms with Gasteiger partial charge in [-0.3, -0.25) is 4.79 Å². The average molecular weight is 362 g/mol. The number of rotatable bonds is 8. The Bertz CT molecular complexity index is 713. The summed E-state index contributed by atoms with van der Waals surface area (Å²) < 4.78 is 5.41. The molecule has 0 radical (unpaired) electrons. The average Bonchev–Trinajstić information content (AvgIpc) is 2.62. The van der Waals surface area contributed by atoms with Crippen molar-refractivity contribution in [3.8, 4) is 0 Å². The predicted molar refractivity (Wildman–Crippen MR) is 95.9 cm³/mol. The quantitative estimate of drug-likeness (QED) is 0.754. The molecule has 1 atom stereocenters. The number of aryl methyl sites for hydroxylation is 1. The zero-order valence-corrected chi connectivity index (χ0v) is 14.6. The molecule has 0 aliphatic rings. The van der Waals surface area contributed by atoms with Crippen molar-refractivity contribution in [2.24, 2.45) is 0 Å². The minimum Gasteiger partial charge on any atom is -0.478 e. The summed E-state index contributed by atoms with van der Waals surface area (Å²) in [4.78, 5) is 22.8. The Hall–Kier alpha value is -2.37. The highest BCUT2D eigenvalue weighted by Gasteiger charge is 2.12. The third-order valence-electron chi connectivity index (χ3n) is 3.85. The Labute approximate surface area is 151 Å². The van der Waals surface area contributed by atoms with Gasteiger partial charge >= 0.3 is 5.97 Å². The lowest BCUT2D eigenvalue weighted by molar-refractivity contribution is -0.121.